The van der Waals surface area contributed by atoms with Gasteiger partial charge in [-0.25, -0.2) is 14.6 Å². The van der Waals surface area contributed by atoms with E-state index in [9.17, 15) is 0 Å². The van der Waals surface area contributed by atoms with Gasteiger partial charge in [0, 0.05) is 24.0 Å². The third-order valence-corrected chi connectivity index (χ3v) is 4.18. The first-order valence-electron chi connectivity index (χ1n) is 7.52. The Morgan fingerprint density at radius 3 is 2.24 bits per heavy atom. The Labute approximate surface area is 135 Å². The molecule has 0 spiro atoms. The van der Waals surface area contributed by atoms with Gasteiger partial charge in [-0.1, -0.05) is 0 Å². The lowest BCUT2D eigenvalue weighted by molar-refractivity contribution is 0.00578. The summed E-state index contributed by atoms with van der Waals surface area (Å²) >= 11 is 3.14. The van der Waals surface area contributed by atoms with Gasteiger partial charge < -0.3 is 9.31 Å². The third-order valence-electron chi connectivity index (χ3n) is 3.83. The van der Waals surface area contributed by atoms with E-state index in [0.717, 1.165) is 0 Å². The van der Waals surface area contributed by atoms with E-state index in [4.69, 9.17) is 12.1 Å². The molecule has 2 aromatic rings. The second kappa shape index (κ2) is 4.89. The van der Waals surface area contributed by atoms with Crippen LogP contribution in [0.25, 0.3) is 5.95 Å². The van der Waals surface area contributed by atoms with Gasteiger partial charge in [0.05, 0.1) is 24.6 Å². The second-order valence-electron chi connectivity index (χ2n) is 5.85. The van der Waals surface area contributed by atoms with E-state index in [1.807, 2.05) is 27.7 Å². The van der Waals surface area contributed by atoms with Crippen LogP contribution in [0.15, 0.2) is 29.2 Å². The van der Waals surface area contributed by atoms with Crippen molar-refractivity contribution in [3.63, 3.8) is 0 Å². The van der Waals surface area contributed by atoms with Crippen molar-refractivity contribution in [3.8, 4) is 5.95 Å². The predicted octanol–water partition coefficient (Wildman–Crippen LogP) is 1.72. The Hall–Kier alpha value is -1.25. The fourth-order valence-corrected chi connectivity index (χ4v) is 2.12. The lowest BCUT2D eigenvalue weighted by Crippen LogP contribution is -2.41. The molecule has 110 valence electrons. The van der Waals surface area contributed by atoms with Crippen LogP contribution in [-0.4, -0.2) is 38.1 Å². The van der Waals surface area contributed by atoms with E-state index >= 15 is 0 Å². The number of rotatable bonds is 2. The molecule has 0 aliphatic carbocycles. The first-order valence-corrected chi connectivity index (χ1v) is 7.31. The predicted molar refractivity (Wildman–Crippen MR) is 82.6 cm³/mol. The van der Waals surface area contributed by atoms with Crippen molar-refractivity contribution in [3.05, 3.63) is 29.2 Å². The third kappa shape index (κ3) is 2.63. The fraction of sp³-hybridized carbons (Fsp3) is 0.462. The largest absolute Gasteiger partial charge is 0.498 e. The van der Waals surface area contributed by atoms with Crippen molar-refractivity contribution >= 4 is 28.5 Å². The van der Waals surface area contributed by atoms with Gasteiger partial charge in [-0.05, 0) is 43.6 Å². The van der Waals surface area contributed by atoms with Gasteiger partial charge in [-0.15, -0.1) is 0 Å². The van der Waals surface area contributed by atoms with Crippen molar-refractivity contribution in [2.45, 2.75) is 38.9 Å². The Morgan fingerprint density at radius 2 is 1.76 bits per heavy atom. The van der Waals surface area contributed by atoms with Crippen LogP contribution in [0.2, 0.25) is 0 Å². The number of hydrogen-bond donors (Lipinski definition) is 0. The molecule has 1 aliphatic rings. The Kier molecular flexibility index (Phi) is 2.87. The molecule has 1 aliphatic heterocycles. The second-order valence-corrected chi connectivity index (χ2v) is 6.65. The maximum absolute atomic E-state index is 7.88. The summed E-state index contributed by atoms with van der Waals surface area (Å²) in [6.07, 6.45) is 3.17. The molecule has 1 fully saturated rings. The summed E-state index contributed by atoms with van der Waals surface area (Å²) in [6.45, 7) is 7.91. The Balaban J connectivity index is 1.88. The van der Waals surface area contributed by atoms with Crippen LogP contribution < -0.4 is 5.46 Å². The topological polar surface area (TPSA) is 62.1 Å². The average molecular weight is 353 g/mol. The quantitative estimate of drug-likeness (QED) is 0.770. The fourth-order valence-electron chi connectivity index (χ4n) is 1.87. The van der Waals surface area contributed by atoms with Crippen LogP contribution in [0.5, 0.6) is 0 Å². The molecule has 0 aromatic carbocycles. The maximum atomic E-state index is 7.88. The standard InChI is InChI=1S/C13H16BBrN4O2/c1-12(2)13(3,4)21-14(20-12)9-5-16-11(17-6-9)19-8-10(15)7-18-19/h5-8H,1-4H3/i7D,8D. The molecule has 21 heavy (non-hydrogen) atoms. The lowest BCUT2D eigenvalue weighted by Gasteiger charge is -2.32. The minimum Gasteiger partial charge on any atom is -0.399 e. The van der Waals surface area contributed by atoms with Crippen LogP contribution >= 0.6 is 15.9 Å². The molecular weight excluding hydrogens is 335 g/mol. The lowest BCUT2D eigenvalue weighted by atomic mass is 9.81. The highest BCUT2D eigenvalue weighted by Gasteiger charge is 2.51. The maximum Gasteiger partial charge on any atom is 0.498 e. The van der Waals surface area contributed by atoms with E-state index in [2.05, 4.69) is 31.0 Å². The molecule has 0 amide bonds. The summed E-state index contributed by atoms with van der Waals surface area (Å²) < 4.78 is 28.9. The normalized spacial score (nSPS) is 21.3. The number of nitrogens with zero attached hydrogens (tertiary/aromatic N) is 4. The average Bonchev–Trinajstić information content (AvgIpc) is 2.86. The zero-order valence-corrected chi connectivity index (χ0v) is 13.8. The number of halogens is 1. The number of hydrogen-bond acceptors (Lipinski definition) is 5. The van der Waals surface area contributed by atoms with Gasteiger partial charge in [-0.2, -0.15) is 5.10 Å². The van der Waals surface area contributed by atoms with Crippen LogP contribution in [0.4, 0.5) is 0 Å². The van der Waals surface area contributed by atoms with E-state index < -0.39 is 18.3 Å². The van der Waals surface area contributed by atoms with Crippen LogP contribution in [0.1, 0.15) is 30.4 Å². The van der Waals surface area contributed by atoms with Crippen molar-refractivity contribution in [2.24, 2.45) is 0 Å². The molecule has 1 saturated heterocycles. The van der Waals surface area contributed by atoms with Gasteiger partial charge in [0.1, 0.15) is 0 Å². The van der Waals surface area contributed by atoms with E-state index in [1.165, 1.54) is 4.68 Å². The minimum absolute atomic E-state index is 0.0263. The Bertz CT molecular complexity index is 735. The SMILES string of the molecule is [2H]c1nn(-c2ncc(B3OC(C)(C)C(C)(C)O3)cn2)c([2H])c1Br. The first-order chi connectivity index (χ1) is 10.6. The van der Waals surface area contributed by atoms with Crippen LogP contribution in [-0.2, 0) is 9.31 Å². The highest BCUT2D eigenvalue weighted by molar-refractivity contribution is 9.10. The summed E-state index contributed by atoms with van der Waals surface area (Å²) in [7, 11) is -0.541. The van der Waals surface area contributed by atoms with Gasteiger partial charge in [-0.3, -0.25) is 0 Å². The Morgan fingerprint density at radius 1 is 1.19 bits per heavy atom. The zero-order chi connectivity index (χ0) is 17.0. The van der Waals surface area contributed by atoms with E-state index in [0.29, 0.717) is 9.94 Å². The molecule has 0 saturated carbocycles. The monoisotopic (exact) mass is 352 g/mol. The van der Waals surface area contributed by atoms with Crippen molar-refractivity contribution in [2.75, 3.05) is 0 Å². The molecule has 3 heterocycles. The van der Waals surface area contributed by atoms with Crippen molar-refractivity contribution in [1.29, 1.82) is 0 Å². The van der Waals surface area contributed by atoms with Crippen molar-refractivity contribution < 1.29 is 12.1 Å². The molecule has 0 unspecified atom stereocenters. The van der Waals surface area contributed by atoms with Gasteiger partial charge in [0.2, 0.25) is 5.95 Å². The molecule has 0 radical (unpaired) electrons. The summed E-state index contributed by atoms with van der Waals surface area (Å²) in [6, 6.07) is 0. The first kappa shape index (κ1) is 12.3. The van der Waals surface area contributed by atoms with Crippen LogP contribution in [0.3, 0.4) is 0 Å². The molecular formula is C13H16BBrN4O2. The summed E-state index contributed by atoms with van der Waals surface area (Å²) in [5.41, 5.74) is -0.175. The summed E-state index contributed by atoms with van der Waals surface area (Å²) in [5, 5.41) is 3.91. The van der Waals surface area contributed by atoms with E-state index in [1.54, 1.807) is 12.4 Å². The minimum atomic E-state index is -0.541. The molecule has 0 bridgehead atoms. The smallest absolute Gasteiger partial charge is 0.399 e. The number of aromatic nitrogens is 4. The summed E-state index contributed by atoms with van der Waals surface area (Å²) in [4.78, 5) is 8.42. The molecule has 8 heteroatoms. The molecule has 0 atom stereocenters. The van der Waals surface area contributed by atoms with Gasteiger partial charge >= 0.3 is 7.12 Å². The molecule has 6 nitrogen and oxygen atoms in total. The van der Waals surface area contributed by atoms with Gasteiger partial charge in [0.25, 0.3) is 0 Å². The molecule has 0 N–H and O–H groups in total. The highest BCUT2D eigenvalue weighted by atomic mass is 79.9. The molecule has 3 rings (SSSR count). The molecule has 2 aromatic heterocycles. The van der Waals surface area contributed by atoms with E-state index in [-0.39, 0.29) is 18.3 Å². The highest BCUT2D eigenvalue weighted by Crippen LogP contribution is 2.36. The van der Waals surface area contributed by atoms with Crippen molar-refractivity contribution in [1.82, 2.24) is 19.7 Å². The zero-order valence-electron chi connectivity index (χ0n) is 14.2. The summed E-state index contributed by atoms with van der Waals surface area (Å²) in [5.74, 6) is 0.217. The van der Waals surface area contributed by atoms with Gasteiger partial charge in [0.15, 0.2) is 0 Å². The van der Waals surface area contributed by atoms with Crippen LogP contribution in [0, 0.1) is 0 Å².